The van der Waals surface area contributed by atoms with E-state index in [2.05, 4.69) is 23.9 Å². The molecule has 0 saturated heterocycles. The van der Waals surface area contributed by atoms with E-state index in [-0.39, 0.29) is 0 Å². The Labute approximate surface area is 94.1 Å². The fourth-order valence-corrected chi connectivity index (χ4v) is 1.89. The third kappa shape index (κ3) is 1.84. The maximum Gasteiger partial charge on any atom is 0.160 e. The van der Waals surface area contributed by atoms with Gasteiger partial charge in [-0.2, -0.15) is 5.10 Å². The Morgan fingerprint density at radius 3 is 2.87 bits per heavy atom. The lowest BCUT2D eigenvalue weighted by atomic mass is 10.2. The first-order valence-electron chi connectivity index (χ1n) is 5.28. The van der Waals surface area contributed by atoms with Gasteiger partial charge in [-0.05, 0) is 18.9 Å². The van der Waals surface area contributed by atoms with Crippen LogP contribution in [0.5, 0.6) is 0 Å². The highest BCUT2D eigenvalue weighted by Crippen LogP contribution is 2.17. The van der Waals surface area contributed by atoms with Crippen LogP contribution in [0.3, 0.4) is 0 Å². The van der Waals surface area contributed by atoms with E-state index < -0.39 is 0 Å². The van der Waals surface area contributed by atoms with Crippen LogP contribution in [0.25, 0.3) is 5.65 Å². The van der Waals surface area contributed by atoms with Crippen molar-refractivity contribution >= 4 is 17.2 Å². The van der Waals surface area contributed by atoms with E-state index in [0.29, 0.717) is 5.15 Å². The SMILES string of the molecule is CCCc1cnn2c(Cl)cc(CC)nc12. The van der Waals surface area contributed by atoms with Gasteiger partial charge in [-0.1, -0.05) is 31.9 Å². The molecule has 0 N–H and O–H groups in total. The fourth-order valence-electron chi connectivity index (χ4n) is 1.65. The van der Waals surface area contributed by atoms with E-state index in [4.69, 9.17) is 11.6 Å². The third-order valence-corrected chi connectivity index (χ3v) is 2.71. The van der Waals surface area contributed by atoms with Crippen LogP contribution in [0.4, 0.5) is 0 Å². The van der Waals surface area contributed by atoms with Gasteiger partial charge in [-0.15, -0.1) is 0 Å². The van der Waals surface area contributed by atoms with Crippen molar-refractivity contribution in [3.8, 4) is 0 Å². The monoisotopic (exact) mass is 223 g/mol. The molecule has 0 amide bonds. The Balaban J connectivity index is 2.61. The zero-order valence-electron chi connectivity index (χ0n) is 9.00. The first-order valence-corrected chi connectivity index (χ1v) is 5.66. The molecular formula is C11H14ClN3. The van der Waals surface area contributed by atoms with Crippen molar-refractivity contribution < 1.29 is 0 Å². The second kappa shape index (κ2) is 4.19. The molecule has 2 rings (SSSR count). The second-order valence-corrected chi connectivity index (χ2v) is 3.97. The van der Waals surface area contributed by atoms with Crippen molar-refractivity contribution in [1.29, 1.82) is 0 Å². The zero-order valence-corrected chi connectivity index (χ0v) is 9.75. The lowest BCUT2D eigenvalue weighted by Gasteiger charge is -2.01. The molecule has 0 saturated carbocycles. The number of hydrogen-bond acceptors (Lipinski definition) is 2. The van der Waals surface area contributed by atoms with Gasteiger partial charge in [0.25, 0.3) is 0 Å². The smallest absolute Gasteiger partial charge is 0.160 e. The predicted octanol–water partition coefficient (Wildman–Crippen LogP) is 2.90. The lowest BCUT2D eigenvalue weighted by molar-refractivity contribution is 0.906. The predicted molar refractivity (Wildman–Crippen MR) is 61.4 cm³/mol. The van der Waals surface area contributed by atoms with Crippen LogP contribution in [-0.2, 0) is 12.8 Å². The van der Waals surface area contributed by atoms with Crippen LogP contribution in [-0.4, -0.2) is 14.6 Å². The maximum absolute atomic E-state index is 6.11. The molecule has 0 spiro atoms. The molecule has 0 aliphatic carbocycles. The van der Waals surface area contributed by atoms with E-state index in [9.17, 15) is 0 Å². The molecule has 0 bridgehead atoms. The van der Waals surface area contributed by atoms with Crippen molar-refractivity contribution in [2.45, 2.75) is 33.1 Å². The molecule has 3 nitrogen and oxygen atoms in total. The summed E-state index contributed by atoms with van der Waals surface area (Å²) in [6.07, 6.45) is 4.85. The minimum atomic E-state index is 0.638. The highest BCUT2D eigenvalue weighted by molar-refractivity contribution is 6.29. The maximum atomic E-state index is 6.11. The van der Waals surface area contributed by atoms with E-state index in [1.165, 1.54) is 5.56 Å². The molecule has 2 heterocycles. The summed E-state index contributed by atoms with van der Waals surface area (Å²) in [5.74, 6) is 0. The van der Waals surface area contributed by atoms with Crippen LogP contribution >= 0.6 is 11.6 Å². The van der Waals surface area contributed by atoms with Crippen LogP contribution in [0, 0.1) is 0 Å². The van der Waals surface area contributed by atoms with Crippen LogP contribution in [0.2, 0.25) is 5.15 Å². The molecule has 0 aliphatic rings. The summed E-state index contributed by atoms with van der Waals surface area (Å²) >= 11 is 6.11. The Morgan fingerprint density at radius 1 is 1.40 bits per heavy atom. The van der Waals surface area contributed by atoms with Crippen molar-refractivity contribution in [3.05, 3.63) is 28.7 Å². The van der Waals surface area contributed by atoms with Crippen LogP contribution in [0.15, 0.2) is 12.3 Å². The van der Waals surface area contributed by atoms with Crippen molar-refractivity contribution in [2.75, 3.05) is 0 Å². The van der Waals surface area contributed by atoms with Gasteiger partial charge in [0.05, 0.1) is 6.20 Å². The van der Waals surface area contributed by atoms with Crippen LogP contribution in [0.1, 0.15) is 31.5 Å². The van der Waals surface area contributed by atoms with E-state index in [0.717, 1.165) is 30.6 Å². The van der Waals surface area contributed by atoms with Gasteiger partial charge in [0.15, 0.2) is 5.65 Å². The van der Waals surface area contributed by atoms with E-state index in [1.807, 2.05) is 12.3 Å². The summed E-state index contributed by atoms with van der Waals surface area (Å²) in [4.78, 5) is 4.55. The Bertz CT molecular complexity index is 476. The Hall–Kier alpha value is -1.09. The van der Waals surface area contributed by atoms with Crippen LogP contribution < -0.4 is 0 Å². The number of halogens is 1. The molecule has 2 aromatic rings. The van der Waals surface area contributed by atoms with Crippen molar-refractivity contribution in [1.82, 2.24) is 14.6 Å². The molecular weight excluding hydrogens is 210 g/mol. The quantitative estimate of drug-likeness (QED) is 0.749. The Morgan fingerprint density at radius 2 is 2.20 bits per heavy atom. The summed E-state index contributed by atoms with van der Waals surface area (Å²) in [6.45, 7) is 4.22. The topological polar surface area (TPSA) is 30.2 Å². The van der Waals surface area contributed by atoms with Gasteiger partial charge < -0.3 is 0 Å². The van der Waals surface area contributed by atoms with Gasteiger partial charge in [0.1, 0.15) is 5.15 Å². The molecule has 0 fully saturated rings. The van der Waals surface area contributed by atoms with Gasteiger partial charge in [-0.25, -0.2) is 9.50 Å². The minimum absolute atomic E-state index is 0.638. The minimum Gasteiger partial charge on any atom is -0.233 e. The van der Waals surface area contributed by atoms with Gasteiger partial charge >= 0.3 is 0 Å². The second-order valence-electron chi connectivity index (χ2n) is 3.58. The standard InChI is InChI=1S/C11H14ClN3/c1-3-5-8-7-13-15-10(12)6-9(4-2)14-11(8)15/h6-7H,3-5H2,1-2H3. The van der Waals surface area contributed by atoms with E-state index in [1.54, 1.807) is 4.52 Å². The summed E-state index contributed by atoms with van der Waals surface area (Å²) in [5.41, 5.74) is 3.10. The van der Waals surface area contributed by atoms with Gasteiger partial charge in [0.2, 0.25) is 0 Å². The number of fused-ring (bicyclic) bond motifs is 1. The number of hydrogen-bond donors (Lipinski definition) is 0. The first kappa shape index (κ1) is 10.4. The highest BCUT2D eigenvalue weighted by atomic mass is 35.5. The summed E-state index contributed by atoms with van der Waals surface area (Å²) < 4.78 is 1.70. The first-order chi connectivity index (χ1) is 7.26. The number of aromatic nitrogens is 3. The average molecular weight is 224 g/mol. The van der Waals surface area contributed by atoms with Gasteiger partial charge in [0, 0.05) is 11.3 Å². The summed E-state index contributed by atoms with van der Waals surface area (Å²) in [5, 5.41) is 4.87. The number of aryl methyl sites for hydroxylation is 2. The molecule has 4 heteroatoms. The number of nitrogens with zero attached hydrogens (tertiary/aromatic N) is 3. The third-order valence-electron chi connectivity index (χ3n) is 2.44. The molecule has 0 atom stereocenters. The zero-order chi connectivity index (χ0) is 10.8. The van der Waals surface area contributed by atoms with Gasteiger partial charge in [-0.3, -0.25) is 0 Å². The molecule has 0 radical (unpaired) electrons. The lowest BCUT2D eigenvalue weighted by Crippen LogP contribution is -1.97. The molecule has 2 aromatic heterocycles. The van der Waals surface area contributed by atoms with Crippen molar-refractivity contribution in [3.63, 3.8) is 0 Å². The summed E-state index contributed by atoms with van der Waals surface area (Å²) in [7, 11) is 0. The van der Waals surface area contributed by atoms with E-state index >= 15 is 0 Å². The number of rotatable bonds is 3. The largest absolute Gasteiger partial charge is 0.233 e. The molecule has 0 unspecified atom stereocenters. The normalized spacial score (nSPS) is 11.1. The van der Waals surface area contributed by atoms with Crippen molar-refractivity contribution in [2.24, 2.45) is 0 Å². The average Bonchev–Trinajstić information content (AvgIpc) is 2.63. The molecule has 0 aromatic carbocycles. The molecule has 0 aliphatic heterocycles. The molecule has 80 valence electrons. The highest BCUT2D eigenvalue weighted by Gasteiger charge is 2.08. The molecule has 15 heavy (non-hydrogen) atoms. The fraction of sp³-hybridized carbons (Fsp3) is 0.455. The Kier molecular flexibility index (Phi) is 2.91. The summed E-state index contributed by atoms with van der Waals surface area (Å²) in [6, 6.07) is 1.87.